The van der Waals surface area contributed by atoms with Crippen LogP contribution in [0.25, 0.3) is 0 Å². The van der Waals surface area contributed by atoms with Crippen molar-refractivity contribution in [3.8, 4) is 0 Å². The first kappa shape index (κ1) is 14.8. The summed E-state index contributed by atoms with van der Waals surface area (Å²) < 4.78 is 0.888. The summed E-state index contributed by atoms with van der Waals surface area (Å²) in [4.78, 5) is 14.6. The van der Waals surface area contributed by atoms with Gasteiger partial charge in [-0.2, -0.15) is 0 Å². The molecule has 2 aromatic rings. The molecule has 0 fully saturated rings. The highest BCUT2D eigenvalue weighted by atomic mass is 127. The maximum absolute atomic E-state index is 12.9. The Morgan fingerprint density at radius 2 is 2.05 bits per heavy atom. The molecule has 0 saturated heterocycles. The van der Waals surface area contributed by atoms with Crippen LogP contribution >= 0.6 is 34.2 Å². The number of anilines is 1. The highest BCUT2D eigenvalue weighted by Gasteiger charge is 2.28. The number of rotatable bonds is 1. The average Bonchev–Trinajstić information content (AvgIpc) is 2.48. The zero-order valence-corrected chi connectivity index (χ0v) is 14.1. The van der Waals surface area contributed by atoms with E-state index in [-0.39, 0.29) is 11.9 Å². The van der Waals surface area contributed by atoms with Crippen molar-refractivity contribution in [3.63, 3.8) is 0 Å². The molecule has 0 radical (unpaired) electrons. The van der Waals surface area contributed by atoms with Crippen molar-refractivity contribution in [2.24, 2.45) is 5.73 Å². The van der Waals surface area contributed by atoms with E-state index in [0.29, 0.717) is 17.1 Å². The molecule has 1 atom stereocenters. The fraction of sp³-hybridized carbons (Fsp3) is 0.188. The Morgan fingerprint density at radius 1 is 1.29 bits per heavy atom. The van der Waals surface area contributed by atoms with Crippen molar-refractivity contribution >= 4 is 45.8 Å². The van der Waals surface area contributed by atoms with E-state index in [1.807, 2.05) is 30.3 Å². The monoisotopic (exact) mass is 412 g/mol. The fourth-order valence-corrected chi connectivity index (χ4v) is 3.36. The smallest absolute Gasteiger partial charge is 0.259 e. The Bertz CT molecular complexity index is 704. The van der Waals surface area contributed by atoms with E-state index in [2.05, 4.69) is 22.6 Å². The maximum atomic E-state index is 12.9. The van der Waals surface area contributed by atoms with E-state index >= 15 is 0 Å². The van der Waals surface area contributed by atoms with Gasteiger partial charge in [-0.05, 0) is 58.8 Å². The molecule has 1 aliphatic rings. The maximum Gasteiger partial charge on any atom is 0.259 e. The second kappa shape index (κ2) is 5.94. The Hall–Kier alpha value is -1.11. The third-order valence-electron chi connectivity index (χ3n) is 3.59. The van der Waals surface area contributed by atoms with Crippen LogP contribution in [0, 0.1) is 3.57 Å². The summed E-state index contributed by atoms with van der Waals surface area (Å²) in [6.45, 7) is 0.526. The number of carbonyl (C=O) groups excluding carboxylic acids is 1. The van der Waals surface area contributed by atoms with Crippen LogP contribution in [0.4, 0.5) is 5.69 Å². The lowest BCUT2D eigenvalue weighted by Crippen LogP contribution is -2.46. The summed E-state index contributed by atoms with van der Waals surface area (Å²) in [5.41, 5.74) is 8.78. The molecule has 21 heavy (non-hydrogen) atoms. The number of fused-ring (bicyclic) bond motifs is 1. The standard InChI is InChI=1S/C16H14ClIN2O/c17-11-5-6-14(18)13(8-11)16(21)20-9-12(19)7-10-3-1-2-4-15(10)20/h1-6,8,12H,7,9,19H2. The minimum atomic E-state index is -0.0514. The van der Waals surface area contributed by atoms with Gasteiger partial charge in [0.25, 0.3) is 5.91 Å². The molecule has 2 N–H and O–H groups in total. The Kier molecular flexibility index (Phi) is 4.19. The van der Waals surface area contributed by atoms with Crippen molar-refractivity contribution in [1.82, 2.24) is 0 Å². The van der Waals surface area contributed by atoms with Crippen molar-refractivity contribution in [1.29, 1.82) is 0 Å². The summed E-state index contributed by atoms with van der Waals surface area (Å²) in [5, 5.41) is 0.563. The zero-order valence-electron chi connectivity index (χ0n) is 11.2. The highest BCUT2D eigenvalue weighted by molar-refractivity contribution is 14.1. The molecule has 0 bridgehead atoms. The number of carbonyl (C=O) groups is 1. The molecule has 0 aliphatic carbocycles. The van der Waals surface area contributed by atoms with Gasteiger partial charge >= 0.3 is 0 Å². The topological polar surface area (TPSA) is 46.3 Å². The Balaban J connectivity index is 2.04. The molecule has 108 valence electrons. The van der Waals surface area contributed by atoms with Gasteiger partial charge in [0.15, 0.2) is 0 Å². The second-order valence-corrected chi connectivity index (χ2v) is 6.73. The molecule has 1 unspecified atom stereocenters. The second-order valence-electron chi connectivity index (χ2n) is 5.13. The van der Waals surface area contributed by atoms with Crippen LogP contribution in [0.1, 0.15) is 15.9 Å². The highest BCUT2D eigenvalue weighted by Crippen LogP contribution is 2.29. The van der Waals surface area contributed by atoms with Gasteiger partial charge < -0.3 is 10.6 Å². The third kappa shape index (κ3) is 2.93. The largest absolute Gasteiger partial charge is 0.326 e. The summed E-state index contributed by atoms with van der Waals surface area (Å²) in [7, 11) is 0. The van der Waals surface area contributed by atoms with Crippen LogP contribution in [-0.4, -0.2) is 18.5 Å². The van der Waals surface area contributed by atoms with E-state index in [1.54, 1.807) is 17.0 Å². The molecule has 0 saturated carbocycles. The van der Waals surface area contributed by atoms with Crippen LogP contribution in [0.5, 0.6) is 0 Å². The lowest BCUT2D eigenvalue weighted by atomic mass is 9.97. The molecule has 1 amide bonds. The fourth-order valence-electron chi connectivity index (χ4n) is 2.63. The van der Waals surface area contributed by atoms with Crippen molar-refractivity contribution in [2.75, 3.05) is 11.4 Å². The summed E-state index contributed by atoms with van der Waals surface area (Å²) in [5.74, 6) is -0.0514. The number of amides is 1. The van der Waals surface area contributed by atoms with Gasteiger partial charge in [-0.3, -0.25) is 4.79 Å². The molecule has 0 aromatic heterocycles. The predicted octanol–water partition coefficient (Wildman–Crippen LogP) is 3.47. The average molecular weight is 413 g/mol. The van der Waals surface area contributed by atoms with E-state index in [0.717, 1.165) is 21.2 Å². The Labute approximate surface area is 142 Å². The van der Waals surface area contributed by atoms with E-state index in [9.17, 15) is 4.79 Å². The SMILES string of the molecule is NC1Cc2ccccc2N(C(=O)c2cc(Cl)ccc2I)C1. The molecular formula is C16H14ClIN2O. The van der Waals surface area contributed by atoms with Gasteiger partial charge in [-0.1, -0.05) is 29.8 Å². The minimum Gasteiger partial charge on any atom is -0.326 e. The van der Waals surface area contributed by atoms with Gasteiger partial charge in [0, 0.05) is 26.9 Å². The number of nitrogens with two attached hydrogens (primary N) is 1. The quantitative estimate of drug-likeness (QED) is 0.729. The van der Waals surface area contributed by atoms with Gasteiger partial charge in [0.05, 0.1) is 5.56 Å². The van der Waals surface area contributed by atoms with Crippen molar-refractivity contribution < 1.29 is 4.79 Å². The summed E-state index contributed by atoms with van der Waals surface area (Å²) in [6, 6.07) is 13.2. The van der Waals surface area contributed by atoms with Crippen LogP contribution in [-0.2, 0) is 6.42 Å². The molecule has 0 spiro atoms. The van der Waals surface area contributed by atoms with Crippen LogP contribution in [0.15, 0.2) is 42.5 Å². The van der Waals surface area contributed by atoms with E-state index in [4.69, 9.17) is 17.3 Å². The molecule has 3 rings (SSSR count). The number of nitrogens with zero attached hydrogens (tertiary/aromatic N) is 1. The van der Waals surface area contributed by atoms with Crippen LogP contribution in [0.3, 0.4) is 0 Å². The summed E-state index contributed by atoms with van der Waals surface area (Å²) in [6.07, 6.45) is 0.798. The number of halogens is 2. The van der Waals surface area contributed by atoms with Crippen molar-refractivity contribution in [3.05, 3.63) is 62.2 Å². The predicted molar refractivity (Wildman–Crippen MR) is 94.0 cm³/mol. The number of para-hydroxylation sites is 1. The molecule has 1 heterocycles. The van der Waals surface area contributed by atoms with Crippen molar-refractivity contribution in [2.45, 2.75) is 12.5 Å². The first-order valence-corrected chi connectivity index (χ1v) is 8.12. The summed E-state index contributed by atoms with van der Waals surface area (Å²) >= 11 is 8.19. The van der Waals surface area contributed by atoms with Gasteiger partial charge in [-0.25, -0.2) is 0 Å². The van der Waals surface area contributed by atoms with Crippen LogP contribution in [0.2, 0.25) is 5.02 Å². The first-order chi connectivity index (χ1) is 10.1. The van der Waals surface area contributed by atoms with Gasteiger partial charge in [-0.15, -0.1) is 0 Å². The molecule has 3 nitrogen and oxygen atoms in total. The first-order valence-electron chi connectivity index (χ1n) is 6.66. The van der Waals surface area contributed by atoms with E-state index in [1.165, 1.54) is 0 Å². The van der Waals surface area contributed by atoms with Gasteiger partial charge in [0.2, 0.25) is 0 Å². The lowest BCUT2D eigenvalue weighted by Gasteiger charge is -2.33. The van der Waals surface area contributed by atoms with Gasteiger partial charge in [0.1, 0.15) is 0 Å². The molecular weight excluding hydrogens is 399 g/mol. The molecule has 1 aliphatic heterocycles. The normalized spacial score (nSPS) is 17.5. The number of hydrogen-bond donors (Lipinski definition) is 1. The number of benzene rings is 2. The molecule has 2 aromatic carbocycles. The third-order valence-corrected chi connectivity index (χ3v) is 4.76. The minimum absolute atomic E-state index is 0.0410. The van der Waals surface area contributed by atoms with E-state index < -0.39 is 0 Å². The Morgan fingerprint density at radius 3 is 2.86 bits per heavy atom. The molecule has 5 heteroatoms. The number of hydrogen-bond acceptors (Lipinski definition) is 2. The zero-order chi connectivity index (χ0) is 15.0. The lowest BCUT2D eigenvalue weighted by molar-refractivity contribution is 0.0982. The van der Waals surface area contributed by atoms with Crippen LogP contribution < -0.4 is 10.6 Å².